The summed E-state index contributed by atoms with van der Waals surface area (Å²) in [5.74, 6) is 0.728. The summed E-state index contributed by atoms with van der Waals surface area (Å²) in [7, 11) is 0. The molecule has 0 saturated heterocycles. The van der Waals surface area contributed by atoms with Gasteiger partial charge in [0.2, 0.25) is 0 Å². The third kappa shape index (κ3) is 1.89. The summed E-state index contributed by atoms with van der Waals surface area (Å²) in [4.78, 5) is 9.27. The summed E-state index contributed by atoms with van der Waals surface area (Å²) in [5, 5.41) is 0. The molecule has 14 heavy (non-hydrogen) atoms. The topological polar surface area (TPSA) is 24.7 Å². The van der Waals surface area contributed by atoms with E-state index in [0.29, 0.717) is 0 Å². The molecule has 2 nitrogen and oxygen atoms in total. The quantitative estimate of drug-likeness (QED) is 0.610. The van der Waals surface area contributed by atoms with Crippen LogP contribution in [0, 0.1) is 11.3 Å². The minimum Gasteiger partial charge on any atom is -0.264 e. The Morgan fingerprint density at radius 1 is 1.21 bits per heavy atom. The second kappa shape index (κ2) is 3.48. The van der Waals surface area contributed by atoms with E-state index < -0.39 is 0 Å². The van der Waals surface area contributed by atoms with Gasteiger partial charge >= 0.3 is 0 Å². The molecule has 1 atom stereocenters. The van der Waals surface area contributed by atoms with E-state index >= 15 is 0 Å². The highest BCUT2D eigenvalue weighted by Gasteiger charge is 2.29. The largest absolute Gasteiger partial charge is 0.264 e. The molecule has 0 bridgehead atoms. The second-order valence-electron chi connectivity index (χ2n) is 5.50. The Balaban J connectivity index is 2.06. The van der Waals surface area contributed by atoms with Crippen LogP contribution in [0.4, 0.5) is 0 Å². The van der Waals surface area contributed by atoms with Crippen molar-refractivity contribution in [2.24, 2.45) is 21.3 Å². The molecule has 1 aliphatic heterocycles. The predicted molar refractivity (Wildman–Crippen MR) is 61.1 cm³/mol. The number of aliphatic imine (C=N–C) groups is 2. The predicted octanol–water partition coefficient (Wildman–Crippen LogP) is 3.07. The first-order valence-corrected chi connectivity index (χ1v) is 5.69. The lowest BCUT2D eigenvalue weighted by molar-refractivity contribution is 0.449. The first kappa shape index (κ1) is 9.88. The Morgan fingerprint density at radius 3 is 2.36 bits per heavy atom. The van der Waals surface area contributed by atoms with E-state index in [1.165, 1.54) is 31.4 Å². The smallest absolute Gasteiger partial charge is 0.142 e. The monoisotopic (exact) mass is 192 g/mol. The third-order valence-electron chi connectivity index (χ3n) is 3.21. The van der Waals surface area contributed by atoms with E-state index in [4.69, 9.17) is 4.99 Å². The Hall–Kier alpha value is -0.660. The van der Waals surface area contributed by atoms with Crippen LogP contribution >= 0.6 is 0 Å². The van der Waals surface area contributed by atoms with E-state index in [1.807, 2.05) is 6.21 Å². The molecule has 2 heteroatoms. The van der Waals surface area contributed by atoms with Gasteiger partial charge in [-0.2, -0.15) is 0 Å². The number of nitrogens with zero attached hydrogens (tertiary/aromatic N) is 2. The molecule has 0 N–H and O–H groups in total. The number of hydrogen-bond acceptors (Lipinski definition) is 2. The number of hydrogen-bond donors (Lipinski definition) is 0. The standard InChI is InChI=1S/C12H20N2/c1-12(2,3)10-8-13-11(14-10)9-6-4-5-7-9/h8-9,11H,4-7H2,1-3H3. The maximum atomic E-state index is 4.74. The van der Waals surface area contributed by atoms with Crippen LogP contribution in [0.3, 0.4) is 0 Å². The Labute approximate surface area is 86.5 Å². The molecule has 1 saturated carbocycles. The van der Waals surface area contributed by atoms with Crippen molar-refractivity contribution < 1.29 is 0 Å². The van der Waals surface area contributed by atoms with Crippen LogP contribution in [-0.4, -0.2) is 18.1 Å². The first-order chi connectivity index (χ1) is 6.57. The van der Waals surface area contributed by atoms with Gasteiger partial charge in [-0.15, -0.1) is 0 Å². The molecule has 78 valence electrons. The van der Waals surface area contributed by atoms with Crippen molar-refractivity contribution in [2.45, 2.75) is 52.6 Å². The Kier molecular flexibility index (Phi) is 2.46. The summed E-state index contributed by atoms with van der Waals surface area (Å²) in [6.45, 7) is 6.61. The minimum absolute atomic E-state index is 0.164. The normalized spacial score (nSPS) is 28.5. The maximum Gasteiger partial charge on any atom is 0.142 e. The van der Waals surface area contributed by atoms with Crippen molar-refractivity contribution in [3.05, 3.63) is 0 Å². The molecule has 1 fully saturated rings. The third-order valence-corrected chi connectivity index (χ3v) is 3.21. The molecule has 0 amide bonds. The van der Waals surface area contributed by atoms with Crippen LogP contribution in [0.15, 0.2) is 9.98 Å². The van der Waals surface area contributed by atoms with E-state index in [-0.39, 0.29) is 11.6 Å². The van der Waals surface area contributed by atoms with E-state index in [2.05, 4.69) is 25.8 Å². The van der Waals surface area contributed by atoms with Gasteiger partial charge in [-0.3, -0.25) is 9.98 Å². The fourth-order valence-electron chi connectivity index (χ4n) is 2.23. The van der Waals surface area contributed by atoms with Crippen LogP contribution in [0.25, 0.3) is 0 Å². The lowest BCUT2D eigenvalue weighted by atomic mass is 9.91. The molecule has 2 rings (SSSR count). The highest BCUT2D eigenvalue weighted by Crippen LogP contribution is 2.32. The van der Waals surface area contributed by atoms with Crippen molar-refractivity contribution in [3.8, 4) is 0 Å². The number of rotatable bonds is 1. The van der Waals surface area contributed by atoms with Crippen LogP contribution in [-0.2, 0) is 0 Å². The van der Waals surface area contributed by atoms with Crippen molar-refractivity contribution in [3.63, 3.8) is 0 Å². The van der Waals surface area contributed by atoms with E-state index in [1.54, 1.807) is 0 Å². The van der Waals surface area contributed by atoms with Gasteiger partial charge in [0.05, 0.1) is 5.71 Å². The zero-order valence-corrected chi connectivity index (χ0v) is 9.45. The van der Waals surface area contributed by atoms with Crippen LogP contribution in [0.5, 0.6) is 0 Å². The van der Waals surface area contributed by atoms with Crippen molar-refractivity contribution in [1.29, 1.82) is 0 Å². The van der Waals surface area contributed by atoms with E-state index in [9.17, 15) is 0 Å². The van der Waals surface area contributed by atoms with Gasteiger partial charge < -0.3 is 0 Å². The lowest BCUT2D eigenvalue weighted by Crippen LogP contribution is -2.20. The average molecular weight is 192 g/mol. The van der Waals surface area contributed by atoms with Gasteiger partial charge in [0.1, 0.15) is 6.17 Å². The molecule has 0 spiro atoms. The van der Waals surface area contributed by atoms with Gasteiger partial charge in [-0.05, 0) is 12.8 Å². The fourth-order valence-corrected chi connectivity index (χ4v) is 2.23. The lowest BCUT2D eigenvalue weighted by Gasteiger charge is -2.17. The zero-order valence-electron chi connectivity index (χ0n) is 9.45. The van der Waals surface area contributed by atoms with Gasteiger partial charge in [-0.25, -0.2) is 0 Å². The molecule has 2 aliphatic rings. The van der Waals surface area contributed by atoms with Crippen molar-refractivity contribution >= 4 is 11.9 Å². The molecular formula is C12H20N2. The van der Waals surface area contributed by atoms with Crippen LogP contribution < -0.4 is 0 Å². The highest BCUT2D eigenvalue weighted by molar-refractivity contribution is 6.33. The summed E-state index contributed by atoms with van der Waals surface area (Å²) in [5.41, 5.74) is 1.34. The highest BCUT2D eigenvalue weighted by atomic mass is 15.1. The zero-order chi connectivity index (χ0) is 10.2. The van der Waals surface area contributed by atoms with Gasteiger partial charge in [0.15, 0.2) is 0 Å². The van der Waals surface area contributed by atoms with Crippen LogP contribution in [0.1, 0.15) is 46.5 Å². The summed E-state index contributed by atoms with van der Waals surface area (Å²) in [6, 6.07) is 0. The van der Waals surface area contributed by atoms with Crippen LogP contribution in [0.2, 0.25) is 0 Å². The van der Waals surface area contributed by atoms with Crippen molar-refractivity contribution in [2.75, 3.05) is 0 Å². The average Bonchev–Trinajstić information content (AvgIpc) is 2.73. The molecule has 1 aliphatic carbocycles. The van der Waals surface area contributed by atoms with Gasteiger partial charge in [0, 0.05) is 17.5 Å². The fraction of sp³-hybridized carbons (Fsp3) is 0.833. The first-order valence-electron chi connectivity index (χ1n) is 5.69. The molecule has 1 heterocycles. The molecule has 0 aromatic carbocycles. The van der Waals surface area contributed by atoms with E-state index in [0.717, 1.165) is 5.92 Å². The Bertz CT molecular complexity index is 265. The molecule has 1 unspecified atom stereocenters. The van der Waals surface area contributed by atoms with Gasteiger partial charge in [-0.1, -0.05) is 33.6 Å². The molecule has 0 radical (unpaired) electrons. The minimum atomic E-state index is 0.164. The van der Waals surface area contributed by atoms with Crippen molar-refractivity contribution in [1.82, 2.24) is 0 Å². The summed E-state index contributed by atoms with van der Waals surface area (Å²) < 4.78 is 0. The molecule has 0 aromatic heterocycles. The summed E-state index contributed by atoms with van der Waals surface area (Å²) >= 11 is 0. The molecule has 0 aromatic rings. The SMILES string of the molecule is CC(C)(C)C1=NC(C2CCCC2)N=C1. The Morgan fingerprint density at radius 2 is 1.86 bits per heavy atom. The molecular weight excluding hydrogens is 172 g/mol. The van der Waals surface area contributed by atoms with Gasteiger partial charge in [0.25, 0.3) is 0 Å². The second-order valence-corrected chi connectivity index (χ2v) is 5.50. The maximum absolute atomic E-state index is 4.74. The summed E-state index contributed by atoms with van der Waals surface area (Å²) in [6.07, 6.45) is 7.63.